The van der Waals surface area contributed by atoms with E-state index in [1.807, 2.05) is 107 Å². The molecule has 0 spiro atoms. The highest BCUT2D eigenvalue weighted by molar-refractivity contribution is 5.79. The maximum absolute atomic E-state index is 11.9. The molecule has 1 aliphatic rings. The Morgan fingerprint density at radius 1 is 0.542 bits per heavy atom. The summed E-state index contributed by atoms with van der Waals surface area (Å²) in [6.45, 7) is 9.67. The van der Waals surface area contributed by atoms with E-state index in [4.69, 9.17) is 18.9 Å². The number of nitrogens with zero attached hydrogens (tertiary/aromatic N) is 2. The predicted octanol–water partition coefficient (Wildman–Crippen LogP) is 15.3. The molecule has 0 saturated carbocycles. The number of aromatic amines is 1. The van der Waals surface area contributed by atoms with Gasteiger partial charge in [-0.3, -0.25) is 4.79 Å². The van der Waals surface area contributed by atoms with Crippen molar-refractivity contribution in [2.24, 2.45) is 0 Å². The Labute approximate surface area is 434 Å². The standard InChI is InChI=1S/C21H31NO2.C21H29NO2.C17H26O2.C4H5N/c2*1-2-3-4-5-6-7-10-19-11-13-21(14-12-19)24-18-20(23)17-22-15-8-9-16-22;1-2-3-4-5-6-7-8-15-9-11-16(12-10-15)18-13-17-14-19-17;1-2-4-5-3-1/h8-9,11-16,20,23H,2-7,10,17-18H2,1H3;8-9,11-16H,2-7,10,17-18H2,1H3;9-12,17H,2-8,13-14H2,1H3;1-5H. The number of rotatable bonds is 34. The topological polar surface area (TPSA) is 103 Å². The van der Waals surface area contributed by atoms with Crippen molar-refractivity contribution < 1.29 is 28.8 Å². The van der Waals surface area contributed by atoms with Crippen LogP contribution in [-0.4, -0.2) is 63.6 Å². The summed E-state index contributed by atoms with van der Waals surface area (Å²) in [6, 6.07) is 36.6. The van der Waals surface area contributed by atoms with Gasteiger partial charge in [0.15, 0.2) is 5.78 Å². The van der Waals surface area contributed by atoms with Crippen LogP contribution in [0.25, 0.3) is 0 Å². The highest BCUT2D eigenvalue weighted by atomic mass is 16.6. The van der Waals surface area contributed by atoms with E-state index in [1.54, 1.807) is 0 Å². The molecule has 3 aromatic heterocycles. The summed E-state index contributed by atoms with van der Waals surface area (Å²) in [5.74, 6) is 2.63. The molecule has 1 aliphatic heterocycles. The molecule has 3 aromatic carbocycles. The normalized spacial score (nSPS) is 12.8. The summed E-state index contributed by atoms with van der Waals surface area (Å²) in [4.78, 5) is 14.7. The van der Waals surface area contributed by atoms with Crippen molar-refractivity contribution in [2.45, 2.75) is 181 Å². The van der Waals surface area contributed by atoms with Gasteiger partial charge in [-0.15, -0.1) is 0 Å². The number of hydrogen-bond donors (Lipinski definition) is 2. The van der Waals surface area contributed by atoms with Crippen LogP contribution in [-0.2, 0) is 41.9 Å². The predicted molar refractivity (Wildman–Crippen MR) is 297 cm³/mol. The number of aliphatic hydroxyl groups excluding tert-OH is 1. The van der Waals surface area contributed by atoms with E-state index in [9.17, 15) is 9.90 Å². The number of epoxide rings is 1. The molecule has 72 heavy (non-hydrogen) atoms. The number of hydrogen-bond acceptors (Lipinski definition) is 6. The Morgan fingerprint density at radius 3 is 1.33 bits per heavy atom. The molecule has 9 heteroatoms. The number of ketones is 1. The number of aryl methyl sites for hydroxylation is 3. The number of nitrogens with one attached hydrogen (secondary N) is 1. The van der Waals surface area contributed by atoms with E-state index in [0.29, 0.717) is 32.4 Å². The first kappa shape index (κ1) is 59.1. The van der Waals surface area contributed by atoms with E-state index in [0.717, 1.165) is 36.7 Å². The second kappa shape index (κ2) is 39.1. The van der Waals surface area contributed by atoms with E-state index >= 15 is 0 Å². The fourth-order valence-electron chi connectivity index (χ4n) is 8.09. The monoisotopic (exact) mass is 986 g/mol. The third-order valence-corrected chi connectivity index (χ3v) is 12.5. The van der Waals surface area contributed by atoms with Gasteiger partial charge in [0.25, 0.3) is 0 Å². The van der Waals surface area contributed by atoms with Crippen molar-refractivity contribution >= 4 is 5.78 Å². The lowest BCUT2D eigenvalue weighted by Crippen LogP contribution is -2.22. The first-order valence-corrected chi connectivity index (χ1v) is 27.7. The van der Waals surface area contributed by atoms with Crippen LogP contribution in [0.1, 0.15) is 153 Å². The Morgan fingerprint density at radius 2 is 0.931 bits per heavy atom. The largest absolute Gasteiger partial charge is 0.491 e. The van der Waals surface area contributed by atoms with Crippen LogP contribution in [0.3, 0.4) is 0 Å². The number of aliphatic hydroxyl groups is 1. The zero-order valence-corrected chi connectivity index (χ0v) is 44.5. The molecule has 0 radical (unpaired) electrons. The van der Waals surface area contributed by atoms with Crippen LogP contribution in [0.2, 0.25) is 0 Å². The maximum atomic E-state index is 11.9. The molecule has 7 rings (SSSR count). The third-order valence-electron chi connectivity index (χ3n) is 12.5. The number of carbonyl (C=O) groups is 1. The lowest BCUT2D eigenvalue weighted by atomic mass is 10.0. The zero-order chi connectivity index (χ0) is 50.9. The van der Waals surface area contributed by atoms with Crippen molar-refractivity contribution in [3.8, 4) is 17.2 Å². The molecule has 0 amide bonds. The number of ether oxygens (including phenoxy) is 4. The number of benzene rings is 3. The number of carbonyl (C=O) groups excluding carboxylic acids is 1. The van der Waals surface area contributed by atoms with E-state index in [-0.39, 0.29) is 12.4 Å². The maximum Gasteiger partial charge on any atom is 0.189 e. The SMILES string of the molecule is CCCCCCCCc1ccc(OCC(=O)Cn2cccc2)cc1.CCCCCCCCc1ccc(OCC(O)Cn2cccc2)cc1.CCCCCCCCc1ccc(OCC2CO2)cc1.c1cc[nH]c1. The highest BCUT2D eigenvalue weighted by Gasteiger charge is 2.23. The fraction of sp³-hybridized carbons (Fsp3) is 0.508. The van der Waals surface area contributed by atoms with Gasteiger partial charge in [0.2, 0.25) is 0 Å². The summed E-state index contributed by atoms with van der Waals surface area (Å²) in [5, 5.41) is 10.00. The van der Waals surface area contributed by atoms with Crippen molar-refractivity contribution in [3.05, 3.63) is 163 Å². The minimum atomic E-state index is -0.500. The Balaban J connectivity index is 0.000000224. The molecule has 0 bridgehead atoms. The molecule has 2 N–H and O–H groups in total. The van der Waals surface area contributed by atoms with Crippen molar-refractivity contribution in [1.29, 1.82) is 0 Å². The first-order valence-electron chi connectivity index (χ1n) is 27.7. The number of H-pyrrole nitrogens is 1. The molecule has 394 valence electrons. The molecule has 6 aromatic rings. The summed E-state index contributed by atoms with van der Waals surface area (Å²) in [6.07, 6.45) is 38.8. The van der Waals surface area contributed by atoms with Crippen LogP contribution in [0.15, 0.2) is 146 Å². The second-order valence-electron chi connectivity index (χ2n) is 19.2. The van der Waals surface area contributed by atoms with Crippen LogP contribution < -0.4 is 14.2 Å². The summed E-state index contributed by atoms with van der Waals surface area (Å²) >= 11 is 0. The fourth-order valence-corrected chi connectivity index (χ4v) is 8.09. The van der Waals surface area contributed by atoms with E-state index in [2.05, 4.69) is 74.3 Å². The van der Waals surface area contributed by atoms with Gasteiger partial charge in [-0.1, -0.05) is 153 Å². The molecule has 1 fully saturated rings. The molecular weight excluding hydrogens is 895 g/mol. The van der Waals surface area contributed by atoms with Gasteiger partial charge in [0.05, 0.1) is 19.7 Å². The molecule has 9 nitrogen and oxygen atoms in total. The molecule has 1 saturated heterocycles. The minimum absolute atomic E-state index is 0.0716. The molecule has 2 unspecified atom stereocenters. The van der Waals surface area contributed by atoms with Gasteiger partial charge in [-0.05, 0) is 128 Å². The molecule has 2 atom stereocenters. The lowest BCUT2D eigenvalue weighted by molar-refractivity contribution is -0.121. The van der Waals surface area contributed by atoms with Gasteiger partial charge in [0, 0.05) is 37.2 Å². The number of unbranched alkanes of at least 4 members (excludes halogenated alkanes) is 15. The first-order chi connectivity index (χ1) is 35.4. The van der Waals surface area contributed by atoms with Crippen LogP contribution >= 0.6 is 0 Å². The number of aromatic nitrogens is 3. The summed E-state index contributed by atoms with van der Waals surface area (Å²) in [7, 11) is 0. The van der Waals surface area contributed by atoms with Crippen LogP contribution in [0.5, 0.6) is 17.2 Å². The van der Waals surface area contributed by atoms with Crippen LogP contribution in [0.4, 0.5) is 0 Å². The van der Waals surface area contributed by atoms with E-state index < -0.39 is 6.10 Å². The van der Waals surface area contributed by atoms with Crippen LogP contribution in [0, 0.1) is 0 Å². The summed E-state index contributed by atoms with van der Waals surface area (Å²) in [5.41, 5.74) is 4.13. The van der Waals surface area contributed by atoms with Gasteiger partial charge < -0.3 is 38.2 Å². The average molecular weight is 986 g/mol. The highest BCUT2D eigenvalue weighted by Crippen LogP contribution is 2.19. The Hall–Kier alpha value is -5.51. The Kier molecular flexibility index (Phi) is 32.0. The van der Waals surface area contributed by atoms with E-state index in [1.165, 1.54) is 139 Å². The second-order valence-corrected chi connectivity index (χ2v) is 19.2. The smallest absolute Gasteiger partial charge is 0.189 e. The minimum Gasteiger partial charge on any atom is -0.491 e. The van der Waals surface area contributed by atoms with Gasteiger partial charge >= 0.3 is 0 Å². The Bertz CT molecular complexity index is 2080. The van der Waals surface area contributed by atoms with Gasteiger partial charge in [-0.25, -0.2) is 0 Å². The molecule has 4 heterocycles. The quantitative estimate of drug-likeness (QED) is 0.0308. The van der Waals surface area contributed by atoms with Crippen molar-refractivity contribution in [1.82, 2.24) is 14.1 Å². The van der Waals surface area contributed by atoms with Gasteiger partial charge in [-0.2, -0.15) is 0 Å². The average Bonchev–Trinajstić information content (AvgIpc) is 3.81. The third kappa shape index (κ3) is 29.7. The number of Topliss-reactive ketones (excluding diaryl/α,β-unsaturated/α-hetero) is 1. The molecule has 0 aliphatic carbocycles. The molecular formula is C63H91N3O6. The van der Waals surface area contributed by atoms with Crippen molar-refractivity contribution in [2.75, 3.05) is 26.4 Å². The lowest BCUT2D eigenvalue weighted by Gasteiger charge is -2.13. The zero-order valence-electron chi connectivity index (χ0n) is 44.5. The summed E-state index contributed by atoms with van der Waals surface area (Å²) < 4.78 is 25.8. The van der Waals surface area contributed by atoms with Crippen molar-refractivity contribution in [3.63, 3.8) is 0 Å². The van der Waals surface area contributed by atoms with Gasteiger partial charge in [0.1, 0.15) is 49.3 Å².